The highest BCUT2D eigenvalue weighted by Gasteiger charge is 2.41. The van der Waals surface area contributed by atoms with Crippen molar-refractivity contribution in [3.63, 3.8) is 0 Å². The van der Waals surface area contributed by atoms with E-state index >= 15 is 0 Å². The van der Waals surface area contributed by atoms with E-state index in [9.17, 15) is 26.3 Å². The molecule has 0 radical (unpaired) electrons. The van der Waals surface area contributed by atoms with Crippen LogP contribution in [0.5, 0.6) is 0 Å². The summed E-state index contributed by atoms with van der Waals surface area (Å²) in [4.78, 5) is 22.5. The monoisotopic (exact) mass is 528 g/mol. The summed E-state index contributed by atoms with van der Waals surface area (Å²) in [5, 5.41) is 22.8. The Morgan fingerprint density at radius 2 is 1.64 bits per heavy atom. The fraction of sp³-hybridized carbons (Fsp3) is 0.500. The molecule has 36 heavy (non-hydrogen) atoms. The lowest BCUT2D eigenvalue weighted by molar-refractivity contribution is -0.193. The van der Waals surface area contributed by atoms with Crippen LogP contribution in [-0.2, 0) is 20.9 Å². The summed E-state index contributed by atoms with van der Waals surface area (Å²) >= 11 is 0. The molecule has 4 heterocycles. The van der Waals surface area contributed by atoms with E-state index in [2.05, 4.69) is 26.1 Å². The van der Waals surface area contributed by atoms with E-state index in [1.807, 2.05) is 25.1 Å². The number of rotatable bonds is 3. The number of fused-ring (bicyclic) bond motifs is 1. The maximum atomic E-state index is 10.6. The standard InChI is InChI=1S/C16H20N4O2.2C2HF3O2/c1-12-4-5-16(18-17-12)20-6-8-22-15-11-19(10-14(15)20)9-13-3-2-7-21-13;2*3-2(4,5)1(6)7/h2-5,7,14-15H,6,8-11H2,1H3;2*(H,6,7)/t14-,15+;;/m1../s1. The van der Waals surface area contributed by atoms with Crippen molar-refractivity contribution in [1.82, 2.24) is 15.1 Å². The molecule has 2 aromatic rings. The number of aliphatic carboxylic acids is 2. The Bertz CT molecular complexity index is 960. The van der Waals surface area contributed by atoms with E-state index in [1.165, 1.54) is 0 Å². The number of hydrogen-bond donors (Lipinski definition) is 2. The zero-order valence-corrected chi connectivity index (χ0v) is 18.7. The van der Waals surface area contributed by atoms with E-state index in [0.717, 1.165) is 50.1 Å². The first-order valence-corrected chi connectivity index (χ1v) is 10.2. The molecule has 2 aliphatic heterocycles. The van der Waals surface area contributed by atoms with Gasteiger partial charge in [-0.2, -0.15) is 31.4 Å². The van der Waals surface area contributed by atoms with E-state index < -0.39 is 24.3 Å². The largest absolute Gasteiger partial charge is 0.490 e. The summed E-state index contributed by atoms with van der Waals surface area (Å²) in [5.41, 5.74) is 0.944. The number of carboxylic acid groups (broad SMARTS) is 2. The van der Waals surface area contributed by atoms with Gasteiger partial charge in [-0.25, -0.2) is 9.59 Å². The molecule has 10 nitrogen and oxygen atoms in total. The minimum atomic E-state index is -5.08. The smallest absolute Gasteiger partial charge is 0.475 e. The van der Waals surface area contributed by atoms with E-state index in [1.54, 1.807) is 6.26 Å². The van der Waals surface area contributed by atoms with Crippen LogP contribution in [-0.4, -0.2) is 88.0 Å². The van der Waals surface area contributed by atoms with Crippen LogP contribution in [0.15, 0.2) is 34.9 Å². The third kappa shape index (κ3) is 8.67. The zero-order chi connectivity index (χ0) is 27.1. The van der Waals surface area contributed by atoms with Crippen LogP contribution in [0.3, 0.4) is 0 Å². The van der Waals surface area contributed by atoms with Crippen LogP contribution in [0.2, 0.25) is 0 Å². The van der Waals surface area contributed by atoms with Crippen molar-refractivity contribution >= 4 is 17.8 Å². The lowest BCUT2D eigenvalue weighted by Gasteiger charge is -2.37. The van der Waals surface area contributed by atoms with Gasteiger partial charge in [0.15, 0.2) is 5.82 Å². The summed E-state index contributed by atoms with van der Waals surface area (Å²) in [6.07, 6.45) is -8.21. The topological polar surface area (TPSA) is 129 Å². The highest BCUT2D eigenvalue weighted by molar-refractivity contribution is 5.73. The molecule has 0 spiro atoms. The Labute approximate surface area is 200 Å². The molecule has 2 saturated heterocycles. The first-order valence-electron chi connectivity index (χ1n) is 10.2. The van der Waals surface area contributed by atoms with Gasteiger partial charge in [0, 0.05) is 19.6 Å². The number of ether oxygens (including phenoxy) is 1. The molecule has 2 aliphatic rings. The predicted molar refractivity (Wildman–Crippen MR) is 109 cm³/mol. The molecule has 0 aliphatic carbocycles. The summed E-state index contributed by atoms with van der Waals surface area (Å²) in [6, 6.07) is 8.36. The minimum Gasteiger partial charge on any atom is -0.475 e. The van der Waals surface area contributed by atoms with Crippen LogP contribution < -0.4 is 4.90 Å². The van der Waals surface area contributed by atoms with Crippen LogP contribution in [0.1, 0.15) is 11.5 Å². The Balaban J connectivity index is 0.000000271. The average molecular weight is 528 g/mol. The summed E-state index contributed by atoms with van der Waals surface area (Å²) in [6.45, 7) is 6.29. The molecule has 2 fully saturated rings. The number of carbonyl (C=O) groups is 2. The second kappa shape index (κ2) is 12.0. The van der Waals surface area contributed by atoms with Gasteiger partial charge in [-0.1, -0.05) is 0 Å². The predicted octanol–water partition coefficient (Wildman–Crippen LogP) is 2.73. The molecular weight excluding hydrogens is 506 g/mol. The Morgan fingerprint density at radius 1 is 1.03 bits per heavy atom. The zero-order valence-electron chi connectivity index (χ0n) is 18.7. The summed E-state index contributed by atoms with van der Waals surface area (Å²) < 4.78 is 74.9. The van der Waals surface area contributed by atoms with Crippen LogP contribution in [0.4, 0.5) is 32.2 Å². The molecule has 0 amide bonds. The van der Waals surface area contributed by atoms with Crippen molar-refractivity contribution in [1.29, 1.82) is 0 Å². The van der Waals surface area contributed by atoms with E-state index in [-0.39, 0.29) is 6.10 Å². The van der Waals surface area contributed by atoms with Gasteiger partial charge in [-0.15, -0.1) is 5.10 Å². The second-order valence-electron chi connectivity index (χ2n) is 7.58. The summed E-state index contributed by atoms with van der Waals surface area (Å²) in [5.74, 6) is -3.57. The highest BCUT2D eigenvalue weighted by Crippen LogP contribution is 2.27. The molecular formula is C20H22F6N4O6. The van der Waals surface area contributed by atoms with Crippen molar-refractivity contribution in [2.75, 3.05) is 31.1 Å². The molecule has 0 aromatic carbocycles. The first-order chi connectivity index (χ1) is 16.7. The Hall–Kier alpha value is -3.40. The number of morpholine rings is 1. The van der Waals surface area contributed by atoms with Crippen molar-refractivity contribution < 1.29 is 55.3 Å². The number of halogens is 6. The molecule has 2 aromatic heterocycles. The molecule has 0 unspecified atom stereocenters. The van der Waals surface area contributed by atoms with Gasteiger partial charge in [0.1, 0.15) is 5.76 Å². The van der Waals surface area contributed by atoms with Crippen LogP contribution in [0.25, 0.3) is 0 Å². The lowest BCUT2D eigenvalue weighted by Crippen LogP contribution is -2.51. The maximum Gasteiger partial charge on any atom is 0.490 e. The number of anilines is 1. The third-order valence-electron chi connectivity index (χ3n) is 4.90. The van der Waals surface area contributed by atoms with Gasteiger partial charge >= 0.3 is 24.3 Å². The second-order valence-corrected chi connectivity index (χ2v) is 7.58. The molecule has 16 heteroatoms. The van der Waals surface area contributed by atoms with Gasteiger partial charge in [-0.05, 0) is 31.2 Å². The fourth-order valence-corrected chi connectivity index (χ4v) is 3.35. The number of aryl methyl sites for hydroxylation is 1. The van der Waals surface area contributed by atoms with Crippen LogP contribution >= 0.6 is 0 Å². The number of likely N-dealkylation sites (tertiary alicyclic amines) is 1. The van der Waals surface area contributed by atoms with E-state index in [4.69, 9.17) is 29.0 Å². The quantitative estimate of drug-likeness (QED) is 0.574. The molecule has 200 valence electrons. The van der Waals surface area contributed by atoms with Crippen LogP contribution in [0, 0.1) is 6.92 Å². The number of alkyl halides is 6. The van der Waals surface area contributed by atoms with Crippen molar-refractivity contribution in [3.8, 4) is 0 Å². The normalized spacial score (nSPS) is 19.9. The molecule has 0 saturated carbocycles. The third-order valence-corrected chi connectivity index (χ3v) is 4.90. The first kappa shape index (κ1) is 28.8. The van der Waals surface area contributed by atoms with Crippen molar-refractivity contribution in [3.05, 3.63) is 42.0 Å². The number of carboxylic acids is 2. The molecule has 4 rings (SSSR count). The average Bonchev–Trinajstić information content (AvgIpc) is 3.43. The Morgan fingerprint density at radius 3 is 2.11 bits per heavy atom. The minimum absolute atomic E-state index is 0.229. The van der Waals surface area contributed by atoms with E-state index in [0.29, 0.717) is 6.04 Å². The SMILES string of the molecule is Cc1ccc(N2CCO[C@H]3CN(Cc4ccco4)C[C@H]32)nn1.O=C(O)C(F)(F)F.O=C(O)C(F)(F)F. The van der Waals surface area contributed by atoms with Gasteiger partial charge in [0.25, 0.3) is 0 Å². The Kier molecular flexibility index (Phi) is 9.63. The fourth-order valence-electron chi connectivity index (χ4n) is 3.35. The highest BCUT2D eigenvalue weighted by atomic mass is 19.4. The van der Waals surface area contributed by atoms with Gasteiger partial charge in [0.2, 0.25) is 0 Å². The number of nitrogens with zero attached hydrogens (tertiary/aromatic N) is 4. The molecule has 2 N–H and O–H groups in total. The van der Waals surface area contributed by atoms with Crippen molar-refractivity contribution in [2.24, 2.45) is 0 Å². The van der Waals surface area contributed by atoms with Gasteiger partial charge in [-0.3, -0.25) is 4.90 Å². The number of furan rings is 1. The summed E-state index contributed by atoms with van der Waals surface area (Å²) in [7, 11) is 0. The number of hydrogen-bond acceptors (Lipinski definition) is 8. The lowest BCUT2D eigenvalue weighted by atomic mass is 10.1. The maximum absolute atomic E-state index is 10.6. The molecule has 2 atom stereocenters. The van der Waals surface area contributed by atoms with Gasteiger partial charge in [0.05, 0.1) is 37.3 Å². The number of aromatic nitrogens is 2. The van der Waals surface area contributed by atoms with Gasteiger partial charge < -0.3 is 24.3 Å². The molecule has 0 bridgehead atoms. The van der Waals surface area contributed by atoms with Crippen molar-refractivity contribution in [2.45, 2.75) is 38.0 Å².